The molecule has 0 atom stereocenters. The maximum atomic E-state index is 12.3. The molecule has 132 valence electrons. The summed E-state index contributed by atoms with van der Waals surface area (Å²) in [4.78, 5) is 25.2. The first-order valence-corrected chi connectivity index (χ1v) is 8.26. The van der Waals surface area contributed by atoms with Gasteiger partial charge in [0.15, 0.2) is 0 Å². The summed E-state index contributed by atoms with van der Waals surface area (Å²) in [5, 5.41) is 0. The minimum absolute atomic E-state index is 0.101. The lowest BCUT2D eigenvalue weighted by molar-refractivity contribution is -0.141. The molecule has 5 heteroatoms. The van der Waals surface area contributed by atoms with E-state index in [0.29, 0.717) is 13.1 Å². The molecule has 0 saturated heterocycles. The van der Waals surface area contributed by atoms with Gasteiger partial charge in [-0.05, 0) is 44.0 Å². The van der Waals surface area contributed by atoms with E-state index in [1.807, 2.05) is 45.0 Å². The number of nitrogens with zero attached hydrogens (tertiary/aromatic N) is 1. The molecule has 0 bridgehead atoms. The van der Waals surface area contributed by atoms with Crippen LogP contribution in [0.4, 0.5) is 0 Å². The fraction of sp³-hybridized carbons (Fsp3) is 0.474. The van der Waals surface area contributed by atoms with E-state index >= 15 is 0 Å². The Morgan fingerprint density at radius 1 is 1.25 bits per heavy atom. The van der Waals surface area contributed by atoms with Crippen molar-refractivity contribution < 1.29 is 19.1 Å². The molecule has 5 nitrogen and oxygen atoms in total. The fourth-order valence-corrected chi connectivity index (χ4v) is 2.17. The highest BCUT2D eigenvalue weighted by molar-refractivity contribution is 5.92. The van der Waals surface area contributed by atoms with Crippen LogP contribution in [0.15, 0.2) is 30.3 Å². The van der Waals surface area contributed by atoms with Crippen molar-refractivity contribution >= 4 is 18.0 Å². The van der Waals surface area contributed by atoms with Crippen LogP contribution in [0.1, 0.15) is 39.2 Å². The van der Waals surface area contributed by atoms with Crippen molar-refractivity contribution in [1.29, 1.82) is 0 Å². The highest BCUT2D eigenvalue weighted by Crippen LogP contribution is 2.16. The molecule has 0 aliphatic rings. The van der Waals surface area contributed by atoms with Crippen molar-refractivity contribution in [2.75, 3.05) is 20.2 Å². The Balaban J connectivity index is 2.71. The van der Waals surface area contributed by atoms with Crippen molar-refractivity contribution in [3.8, 4) is 5.75 Å². The smallest absolute Gasteiger partial charge is 0.307 e. The third-order valence-corrected chi connectivity index (χ3v) is 3.27. The zero-order valence-electron chi connectivity index (χ0n) is 15.0. The number of esters is 1. The van der Waals surface area contributed by atoms with E-state index in [1.54, 1.807) is 11.0 Å². The van der Waals surface area contributed by atoms with Crippen LogP contribution in [0.3, 0.4) is 0 Å². The molecule has 0 aliphatic carbocycles. The molecule has 0 saturated carbocycles. The van der Waals surface area contributed by atoms with Crippen molar-refractivity contribution in [2.45, 2.75) is 39.7 Å². The molecular formula is C19H27NO4. The SMILES string of the molecule is CCCN(CCC(=O)OC)C(=O)/C=C/c1cccc(OC(C)C)c1. The van der Waals surface area contributed by atoms with E-state index in [0.717, 1.165) is 17.7 Å². The molecule has 0 unspecified atom stereocenters. The minimum Gasteiger partial charge on any atom is -0.491 e. The van der Waals surface area contributed by atoms with Gasteiger partial charge >= 0.3 is 5.97 Å². The lowest BCUT2D eigenvalue weighted by Gasteiger charge is -2.19. The average molecular weight is 333 g/mol. The van der Waals surface area contributed by atoms with Crippen LogP contribution in [0, 0.1) is 0 Å². The van der Waals surface area contributed by atoms with Gasteiger partial charge in [-0.2, -0.15) is 0 Å². The Bertz CT molecular complexity index is 566. The minimum atomic E-state index is -0.314. The number of benzene rings is 1. The van der Waals surface area contributed by atoms with Crippen molar-refractivity contribution in [3.63, 3.8) is 0 Å². The molecule has 0 fully saturated rings. The first-order chi connectivity index (χ1) is 11.5. The third kappa shape index (κ3) is 7.31. The van der Waals surface area contributed by atoms with Gasteiger partial charge in [0.05, 0.1) is 19.6 Å². The second-order valence-corrected chi connectivity index (χ2v) is 5.72. The molecule has 0 radical (unpaired) electrons. The van der Waals surface area contributed by atoms with Gasteiger partial charge in [-0.3, -0.25) is 9.59 Å². The summed E-state index contributed by atoms with van der Waals surface area (Å²) in [7, 11) is 1.35. The number of methoxy groups -OCH3 is 1. The molecule has 0 heterocycles. The first kappa shape index (κ1) is 19.7. The van der Waals surface area contributed by atoms with Gasteiger partial charge in [-0.1, -0.05) is 19.1 Å². The zero-order chi connectivity index (χ0) is 17.9. The van der Waals surface area contributed by atoms with Crippen LogP contribution in [0.2, 0.25) is 0 Å². The quantitative estimate of drug-likeness (QED) is 0.514. The normalized spacial score (nSPS) is 10.9. The Morgan fingerprint density at radius 3 is 2.62 bits per heavy atom. The van der Waals surface area contributed by atoms with Crippen molar-refractivity contribution in [1.82, 2.24) is 4.90 Å². The van der Waals surface area contributed by atoms with E-state index in [2.05, 4.69) is 4.74 Å². The van der Waals surface area contributed by atoms with Gasteiger partial charge in [0, 0.05) is 19.2 Å². The van der Waals surface area contributed by atoms with Gasteiger partial charge in [0.2, 0.25) is 5.91 Å². The molecular weight excluding hydrogens is 306 g/mol. The average Bonchev–Trinajstić information content (AvgIpc) is 2.55. The number of hydrogen-bond acceptors (Lipinski definition) is 4. The number of hydrogen-bond donors (Lipinski definition) is 0. The molecule has 0 spiro atoms. The summed E-state index contributed by atoms with van der Waals surface area (Å²) in [5.41, 5.74) is 0.894. The van der Waals surface area contributed by atoms with Gasteiger partial charge in [-0.15, -0.1) is 0 Å². The third-order valence-electron chi connectivity index (χ3n) is 3.27. The molecule has 1 rings (SSSR count). The van der Waals surface area contributed by atoms with E-state index < -0.39 is 0 Å². The molecule has 1 aromatic rings. The number of carbonyl (C=O) groups excluding carboxylic acids is 2. The summed E-state index contributed by atoms with van der Waals surface area (Å²) in [6.07, 6.45) is 4.42. The lowest BCUT2D eigenvalue weighted by atomic mass is 10.2. The topological polar surface area (TPSA) is 55.8 Å². The lowest BCUT2D eigenvalue weighted by Crippen LogP contribution is -2.32. The van der Waals surface area contributed by atoms with Gasteiger partial charge in [-0.25, -0.2) is 0 Å². The van der Waals surface area contributed by atoms with Crippen LogP contribution in [0.5, 0.6) is 5.75 Å². The summed E-state index contributed by atoms with van der Waals surface area (Å²) in [6, 6.07) is 7.58. The second-order valence-electron chi connectivity index (χ2n) is 5.72. The predicted octanol–water partition coefficient (Wildman–Crippen LogP) is 3.29. The largest absolute Gasteiger partial charge is 0.491 e. The molecule has 24 heavy (non-hydrogen) atoms. The summed E-state index contributed by atoms with van der Waals surface area (Å²) in [6.45, 7) is 6.90. The van der Waals surface area contributed by atoms with E-state index in [-0.39, 0.29) is 24.4 Å². The van der Waals surface area contributed by atoms with Crippen LogP contribution >= 0.6 is 0 Å². The first-order valence-electron chi connectivity index (χ1n) is 8.26. The Labute approximate surface area is 144 Å². The molecule has 0 N–H and O–H groups in total. The van der Waals surface area contributed by atoms with Crippen molar-refractivity contribution in [2.24, 2.45) is 0 Å². The number of ether oxygens (including phenoxy) is 2. The van der Waals surface area contributed by atoms with Crippen LogP contribution in [-0.2, 0) is 14.3 Å². The van der Waals surface area contributed by atoms with Crippen molar-refractivity contribution in [3.05, 3.63) is 35.9 Å². The van der Waals surface area contributed by atoms with E-state index in [9.17, 15) is 9.59 Å². The standard InChI is InChI=1S/C19H27NO4/c1-5-12-20(13-11-19(22)23-4)18(21)10-9-16-7-6-8-17(14-16)24-15(2)3/h6-10,14-15H,5,11-13H2,1-4H3/b10-9+. The highest BCUT2D eigenvalue weighted by atomic mass is 16.5. The zero-order valence-corrected chi connectivity index (χ0v) is 15.0. The Morgan fingerprint density at radius 2 is 2.00 bits per heavy atom. The Hall–Kier alpha value is -2.30. The summed E-state index contributed by atoms with van der Waals surface area (Å²) >= 11 is 0. The van der Waals surface area contributed by atoms with E-state index in [1.165, 1.54) is 13.2 Å². The highest BCUT2D eigenvalue weighted by Gasteiger charge is 2.12. The molecule has 1 aromatic carbocycles. The van der Waals surface area contributed by atoms with Gasteiger partial charge < -0.3 is 14.4 Å². The van der Waals surface area contributed by atoms with E-state index in [4.69, 9.17) is 4.74 Å². The monoisotopic (exact) mass is 333 g/mol. The number of carbonyl (C=O) groups is 2. The van der Waals surface area contributed by atoms with Crippen LogP contribution in [-0.4, -0.2) is 43.1 Å². The Kier molecular flexibility index (Phi) is 8.61. The number of amides is 1. The second kappa shape index (κ2) is 10.5. The predicted molar refractivity (Wildman–Crippen MR) is 94.7 cm³/mol. The maximum Gasteiger partial charge on any atom is 0.307 e. The van der Waals surface area contributed by atoms with Crippen LogP contribution < -0.4 is 4.74 Å². The summed E-state index contributed by atoms with van der Waals surface area (Å²) < 4.78 is 10.3. The molecule has 0 aromatic heterocycles. The fourth-order valence-electron chi connectivity index (χ4n) is 2.17. The molecule has 0 aliphatic heterocycles. The van der Waals surface area contributed by atoms with Gasteiger partial charge in [0.25, 0.3) is 0 Å². The summed E-state index contributed by atoms with van der Waals surface area (Å²) in [5.74, 6) is 0.345. The number of rotatable bonds is 9. The molecule has 1 amide bonds. The van der Waals surface area contributed by atoms with Crippen LogP contribution in [0.25, 0.3) is 6.08 Å². The maximum absolute atomic E-state index is 12.3. The van der Waals surface area contributed by atoms with Gasteiger partial charge in [0.1, 0.15) is 5.75 Å².